The molecule has 0 heterocycles. The highest BCUT2D eigenvalue weighted by molar-refractivity contribution is 5.31. The molecule has 0 aliphatic rings. The second-order valence-corrected chi connectivity index (χ2v) is 11.4. The quantitative estimate of drug-likeness (QED) is 0.128. The van der Waals surface area contributed by atoms with Gasteiger partial charge in [-0.3, -0.25) is 0 Å². The van der Waals surface area contributed by atoms with Crippen LogP contribution in [0.1, 0.15) is 108 Å². The van der Waals surface area contributed by atoms with E-state index in [1.165, 1.54) is 51.0 Å². The van der Waals surface area contributed by atoms with Crippen LogP contribution in [0.4, 0.5) is 0 Å². The maximum absolute atomic E-state index is 2.39. The highest BCUT2D eigenvalue weighted by Crippen LogP contribution is 2.12. The third-order valence-corrected chi connectivity index (χ3v) is 6.24. The lowest BCUT2D eigenvalue weighted by molar-refractivity contribution is 0.918. The molecule has 0 saturated carbocycles. The monoisotopic (exact) mass is 538 g/mol. The molecule has 0 aromatic rings. The van der Waals surface area contributed by atoms with Crippen LogP contribution in [0.15, 0.2) is 142 Å². The van der Waals surface area contributed by atoms with Gasteiger partial charge in [0.1, 0.15) is 0 Å². The van der Waals surface area contributed by atoms with Crippen molar-refractivity contribution in [3.8, 4) is 0 Å². The average Bonchev–Trinajstić information content (AvgIpc) is 2.86. The van der Waals surface area contributed by atoms with Crippen molar-refractivity contribution in [3.63, 3.8) is 0 Å². The van der Waals surface area contributed by atoms with Gasteiger partial charge >= 0.3 is 0 Å². The lowest BCUT2D eigenvalue weighted by atomic mass is 10.1. The standard InChI is InChI=1S/C40H58/c1-33(2)19-13-23-37(7)27-17-31-39(9)29-15-25-35(5)21-11-12-22-36(6)26-16-30-40(10)32-18-28-38(8)24-14-20-34(3)4/h11-12,15-17,19-22,25-31H,13-14,18,23-24,32H2,1-10H3/b12-11+,25-15+,26-16+,31-17+,35-21+,36-22+,37-27+,38-28-,39-29-,40-30+. The molecule has 0 unspecified atom stereocenters. The first kappa shape index (κ1) is 36.9. The van der Waals surface area contributed by atoms with Gasteiger partial charge in [0.2, 0.25) is 0 Å². The Kier molecular flexibility index (Phi) is 21.9. The minimum Gasteiger partial charge on any atom is -0.0856 e. The molecule has 0 spiro atoms. The van der Waals surface area contributed by atoms with Gasteiger partial charge in [0.25, 0.3) is 0 Å². The average molecular weight is 539 g/mol. The fourth-order valence-corrected chi connectivity index (χ4v) is 3.65. The van der Waals surface area contributed by atoms with Gasteiger partial charge in [-0.25, -0.2) is 0 Å². The predicted octanol–water partition coefficient (Wildman–Crippen LogP) is 13.2. The van der Waals surface area contributed by atoms with E-state index in [0.717, 1.165) is 32.1 Å². The Hall–Kier alpha value is -3.12. The van der Waals surface area contributed by atoms with E-state index in [9.17, 15) is 0 Å². The molecule has 0 aliphatic heterocycles. The SMILES string of the molecule is CC(C)=CCC/C(C)=C\CC/C(C)=C/C=C/C(C)=C/C=C/C=C(C)/C=C/C=C(C)\C=C\C=C(/C)CCC=C(C)C. The Balaban J connectivity index is 4.60. The molecule has 0 saturated heterocycles. The van der Waals surface area contributed by atoms with Gasteiger partial charge in [-0.15, -0.1) is 0 Å². The second-order valence-electron chi connectivity index (χ2n) is 11.4. The molecule has 0 bridgehead atoms. The zero-order valence-corrected chi connectivity index (χ0v) is 27.5. The summed E-state index contributed by atoms with van der Waals surface area (Å²) in [6.07, 6.45) is 41.8. The van der Waals surface area contributed by atoms with Gasteiger partial charge in [-0.2, -0.15) is 0 Å². The van der Waals surface area contributed by atoms with Crippen molar-refractivity contribution in [1.29, 1.82) is 0 Å². The maximum Gasteiger partial charge on any atom is -0.0285 e. The molecule has 0 heteroatoms. The van der Waals surface area contributed by atoms with Crippen LogP contribution in [0.5, 0.6) is 0 Å². The summed E-state index contributed by atoms with van der Waals surface area (Å²) < 4.78 is 0. The molecule has 0 amide bonds. The molecule has 0 atom stereocenters. The van der Waals surface area contributed by atoms with E-state index < -0.39 is 0 Å². The fourth-order valence-electron chi connectivity index (χ4n) is 3.65. The first-order valence-electron chi connectivity index (χ1n) is 15.0. The molecule has 40 heavy (non-hydrogen) atoms. The summed E-state index contributed by atoms with van der Waals surface area (Å²) in [6.45, 7) is 21.7. The Morgan fingerprint density at radius 2 is 0.675 bits per heavy atom. The van der Waals surface area contributed by atoms with Gasteiger partial charge < -0.3 is 0 Å². The van der Waals surface area contributed by atoms with Crippen molar-refractivity contribution in [1.82, 2.24) is 0 Å². The summed E-state index contributed by atoms with van der Waals surface area (Å²) in [4.78, 5) is 0. The number of hydrogen-bond acceptors (Lipinski definition) is 0. The number of hydrogen-bond donors (Lipinski definition) is 0. The molecule has 0 aromatic heterocycles. The van der Waals surface area contributed by atoms with Gasteiger partial charge in [-0.05, 0) is 108 Å². The van der Waals surface area contributed by atoms with E-state index in [1.54, 1.807) is 0 Å². The van der Waals surface area contributed by atoms with Gasteiger partial charge in [-0.1, -0.05) is 142 Å². The summed E-state index contributed by atoms with van der Waals surface area (Å²) in [7, 11) is 0. The van der Waals surface area contributed by atoms with Crippen molar-refractivity contribution < 1.29 is 0 Å². The van der Waals surface area contributed by atoms with Crippen LogP contribution in [-0.4, -0.2) is 0 Å². The van der Waals surface area contributed by atoms with E-state index in [0.29, 0.717) is 0 Å². The lowest BCUT2D eigenvalue weighted by Crippen LogP contribution is -1.80. The van der Waals surface area contributed by atoms with E-state index >= 15 is 0 Å². The lowest BCUT2D eigenvalue weighted by Gasteiger charge is -2.00. The van der Waals surface area contributed by atoms with Crippen LogP contribution in [0.25, 0.3) is 0 Å². The van der Waals surface area contributed by atoms with Crippen molar-refractivity contribution in [2.75, 3.05) is 0 Å². The molecule has 0 fully saturated rings. The highest BCUT2D eigenvalue weighted by atomic mass is 14.0. The Bertz CT molecular complexity index is 1100. The van der Waals surface area contributed by atoms with Crippen molar-refractivity contribution in [2.45, 2.75) is 108 Å². The van der Waals surface area contributed by atoms with Crippen LogP contribution in [0, 0.1) is 0 Å². The second kappa shape index (κ2) is 23.7. The molecule has 0 aliphatic carbocycles. The molecular formula is C40H58. The van der Waals surface area contributed by atoms with Gasteiger partial charge in [0.15, 0.2) is 0 Å². The number of allylic oxidation sites excluding steroid dienone is 24. The van der Waals surface area contributed by atoms with E-state index in [-0.39, 0.29) is 0 Å². The minimum absolute atomic E-state index is 1.11. The topological polar surface area (TPSA) is 0 Å². The molecule has 0 N–H and O–H groups in total. The molecule has 0 aromatic carbocycles. The molecule has 0 radical (unpaired) electrons. The fraction of sp³-hybridized carbons (Fsp3) is 0.400. The van der Waals surface area contributed by atoms with Crippen molar-refractivity contribution in [3.05, 3.63) is 142 Å². The van der Waals surface area contributed by atoms with E-state index in [4.69, 9.17) is 0 Å². The third-order valence-electron chi connectivity index (χ3n) is 6.24. The summed E-state index contributed by atoms with van der Waals surface area (Å²) in [5.41, 5.74) is 10.8. The Morgan fingerprint density at radius 1 is 0.350 bits per heavy atom. The van der Waals surface area contributed by atoms with Gasteiger partial charge in [0.05, 0.1) is 0 Å². The Labute approximate surface area is 249 Å². The van der Waals surface area contributed by atoms with Crippen LogP contribution >= 0.6 is 0 Å². The summed E-state index contributed by atoms with van der Waals surface area (Å²) in [5, 5.41) is 0. The minimum atomic E-state index is 1.11. The third kappa shape index (κ3) is 25.2. The van der Waals surface area contributed by atoms with Crippen LogP contribution < -0.4 is 0 Å². The van der Waals surface area contributed by atoms with Crippen LogP contribution in [0.3, 0.4) is 0 Å². The smallest absolute Gasteiger partial charge is 0.0285 e. The van der Waals surface area contributed by atoms with E-state index in [1.807, 2.05) is 0 Å². The summed E-state index contributed by atoms with van der Waals surface area (Å²) >= 11 is 0. The first-order chi connectivity index (χ1) is 19.0. The van der Waals surface area contributed by atoms with Crippen molar-refractivity contribution in [2.24, 2.45) is 0 Å². The largest absolute Gasteiger partial charge is 0.0856 e. The summed E-state index contributed by atoms with van der Waals surface area (Å²) in [6, 6.07) is 0. The van der Waals surface area contributed by atoms with Crippen LogP contribution in [0.2, 0.25) is 0 Å². The zero-order valence-electron chi connectivity index (χ0n) is 27.5. The maximum atomic E-state index is 2.39. The van der Waals surface area contributed by atoms with E-state index in [2.05, 4.69) is 166 Å². The van der Waals surface area contributed by atoms with Crippen molar-refractivity contribution >= 4 is 0 Å². The Morgan fingerprint density at radius 3 is 1.07 bits per heavy atom. The van der Waals surface area contributed by atoms with Crippen LogP contribution in [-0.2, 0) is 0 Å². The first-order valence-corrected chi connectivity index (χ1v) is 15.0. The molecular weight excluding hydrogens is 480 g/mol. The normalized spacial score (nSPS) is 14.8. The highest BCUT2D eigenvalue weighted by Gasteiger charge is 1.91. The summed E-state index contributed by atoms with van der Waals surface area (Å²) in [5.74, 6) is 0. The molecule has 0 rings (SSSR count). The molecule has 218 valence electrons. The predicted molar refractivity (Wildman–Crippen MR) is 186 cm³/mol. The molecule has 0 nitrogen and oxygen atoms in total. The van der Waals surface area contributed by atoms with Gasteiger partial charge in [0, 0.05) is 0 Å². The number of rotatable bonds is 17. The zero-order chi connectivity index (χ0) is 30.2.